The van der Waals surface area contributed by atoms with Crippen LogP contribution in [-0.2, 0) is 22.5 Å². The molecule has 0 aromatic carbocycles. The number of aromatic amines is 1. The predicted molar refractivity (Wildman–Crippen MR) is 62.3 cm³/mol. The first kappa shape index (κ1) is 11.8. The molecule has 0 saturated heterocycles. The zero-order chi connectivity index (χ0) is 12.4. The third-order valence-electron chi connectivity index (χ3n) is 2.78. The van der Waals surface area contributed by atoms with Crippen LogP contribution in [0.3, 0.4) is 0 Å². The molecule has 1 aromatic rings. The summed E-state index contributed by atoms with van der Waals surface area (Å²) in [6.07, 6.45) is 2.09. The van der Waals surface area contributed by atoms with Crippen molar-refractivity contribution in [2.24, 2.45) is 0 Å². The van der Waals surface area contributed by atoms with Crippen molar-refractivity contribution in [3.63, 3.8) is 0 Å². The molecule has 0 radical (unpaired) electrons. The number of nitrogens with one attached hydrogen (secondary N) is 2. The normalized spacial score (nSPS) is 18.5. The second kappa shape index (κ2) is 4.68. The van der Waals surface area contributed by atoms with Gasteiger partial charge >= 0.3 is 5.97 Å². The zero-order valence-corrected chi connectivity index (χ0v) is 10.2. The Morgan fingerprint density at radius 3 is 3.24 bits per heavy atom. The number of thiocarbonyl (C=S) groups is 1. The van der Waals surface area contributed by atoms with E-state index in [0.717, 1.165) is 11.4 Å². The summed E-state index contributed by atoms with van der Waals surface area (Å²) < 4.78 is 4.78. The summed E-state index contributed by atoms with van der Waals surface area (Å²) >= 11 is 5.13. The molecular formula is C9H14N5O2S+. The van der Waals surface area contributed by atoms with Gasteiger partial charge in [-0.2, -0.15) is 0 Å². The number of fused-ring (bicyclic) bond motifs is 1. The number of methoxy groups -OCH3 is 1. The highest BCUT2D eigenvalue weighted by atomic mass is 32.1. The van der Waals surface area contributed by atoms with Gasteiger partial charge in [-0.1, -0.05) is 0 Å². The molecule has 2 rings (SSSR count). The Labute approximate surface area is 103 Å². The van der Waals surface area contributed by atoms with Gasteiger partial charge in [0.1, 0.15) is 6.04 Å². The number of hydrogen-bond acceptors (Lipinski definition) is 4. The second-order valence-corrected chi connectivity index (χ2v) is 4.07. The first-order chi connectivity index (χ1) is 8.17. The van der Waals surface area contributed by atoms with Crippen molar-refractivity contribution in [1.82, 2.24) is 20.3 Å². The van der Waals surface area contributed by atoms with Crippen LogP contribution < -0.4 is 11.3 Å². The van der Waals surface area contributed by atoms with Crippen LogP contribution in [0.15, 0.2) is 6.33 Å². The third kappa shape index (κ3) is 2.08. The van der Waals surface area contributed by atoms with E-state index in [1.807, 2.05) is 0 Å². The van der Waals surface area contributed by atoms with Crippen molar-refractivity contribution in [2.45, 2.75) is 19.0 Å². The maximum absolute atomic E-state index is 11.7. The van der Waals surface area contributed by atoms with Gasteiger partial charge in [-0.05, 0) is 12.2 Å². The number of esters is 1. The van der Waals surface area contributed by atoms with E-state index in [9.17, 15) is 4.79 Å². The minimum Gasteiger partial charge on any atom is -0.467 e. The van der Waals surface area contributed by atoms with Gasteiger partial charge in [0, 0.05) is 6.42 Å². The molecule has 1 aliphatic rings. The molecule has 8 heteroatoms. The van der Waals surface area contributed by atoms with Gasteiger partial charge in [-0.3, -0.25) is 5.84 Å². The van der Waals surface area contributed by atoms with Gasteiger partial charge in [-0.15, -0.1) is 0 Å². The quantitative estimate of drug-likeness (QED) is 0.316. The number of quaternary nitrogens is 1. The van der Waals surface area contributed by atoms with Crippen LogP contribution in [0.25, 0.3) is 0 Å². The lowest BCUT2D eigenvalue weighted by atomic mass is 10.0. The van der Waals surface area contributed by atoms with Gasteiger partial charge in [-0.25, -0.2) is 15.2 Å². The molecule has 0 amide bonds. The van der Waals surface area contributed by atoms with Crippen molar-refractivity contribution in [2.75, 3.05) is 7.11 Å². The van der Waals surface area contributed by atoms with E-state index in [1.165, 1.54) is 7.11 Å². The molecule has 0 fully saturated rings. The Balaban J connectivity index is 2.29. The van der Waals surface area contributed by atoms with Crippen LogP contribution in [0.2, 0.25) is 0 Å². The van der Waals surface area contributed by atoms with Crippen molar-refractivity contribution in [3.8, 4) is 0 Å². The van der Waals surface area contributed by atoms with Crippen LogP contribution in [0.1, 0.15) is 11.4 Å². The van der Waals surface area contributed by atoms with Crippen molar-refractivity contribution >= 4 is 23.3 Å². The van der Waals surface area contributed by atoms with Gasteiger partial charge < -0.3 is 14.6 Å². The number of carbonyl (C=O) groups is 1. The van der Waals surface area contributed by atoms with Gasteiger partial charge in [0.15, 0.2) is 0 Å². The summed E-state index contributed by atoms with van der Waals surface area (Å²) in [4.78, 5) is 20.7. The number of imidazole rings is 1. The van der Waals surface area contributed by atoms with Crippen molar-refractivity contribution < 1.29 is 15.4 Å². The molecule has 1 atom stereocenters. The fourth-order valence-corrected chi connectivity index (χ4v) is 2.09. The fraction of sp³-hybridized carbons (Fsp3) is 0.444. The van der Waals surface area contributed by atoms with E-state index in [2.05, 4.69) is 21.2 Å². The highest BCUT2D eigenvalue weighted by Crippen LogP contribution is 2.21. The predicted octanol–water partition coefficient (Wildman–Crippen LogP) is -1.66. The lowest BCUT2D eigenvalue weighted by Gasteiger charge is -2.33. The molecule has 0 bridgehead atoms. The highest BCUT2D eigenvalue weighted by Gasteiger charge is 2.35. The smallest absolute Gasteiger partial charge is 0.328 e. The Hall–Kier alpha value is -1.67. The number of rotatable bonds is 1. The van der Waals surface area contributed by atoms with E-state index in [4.69, 9.17) is 17.0 Å². The standard InChI is InChI=1S/C9H13N5O2S/c1-16-8(15)7-2-5-6(12-4-11-5)3-14(7)9(17)13-10/h4,7H,2-3,10H2,1H3,(H,11,12)(H,13,17)/p+1. The summed E-state index contributed by atoms with van der Waals surface area (Å²) in [6, 6.07) is -0.447. The molecule has 2 heterocycles. The largest absolute Gasteiger partial charge is 0.467 e. The van der Waals surface area contributed by atoms with Crippen LogP contribution in [0, 0.1) is 0 Å². The number of nitrogens with zero attached hydrogens (tertiary/aromatic N) is 2. The summed E-state index contributed by atoms with van der Waals surface area (Å²) in [7, 11) is 1.36. The number of H-pyrrole nitrogens is 1. The Kier molecular flexibility index (Phi) is 3.25. The zero-order valence-electron chi connectivity index (χ0n) is 9.40. The number of ether oxygens (including phenoxy) is 1. The van der Waals surface area contributed by atoms with Crippen LogP contribution in [0.5, 0.6) is 0 Å². The van der Waals surface area contributed by atoms with Gasteiger partial charge in [0.2, 0.25) is 5.11 Å². The molecule has 92 valence electrons. The van der Waals surface area contributed by atoms with E-state index in [0.29, 0.717) is 18.1 Å². The highest BCUT2D eigenvalue weighted by molar-refractivity contribution is 7.80. The van der Waals surface area contributed by atoms with Crippen LogP contribution in [0.4, 0.5) is 0 Å². The van der Waals surface area contributed by atoms with Gasteiger partial charge in [0.05, 0.1) is 31.4 Å². The monoisotopic (exact) mass is 256 g/mol. The SMILES string of the molecule is COC(=O)C1Cc2nc[nH]c2CN1C(=S)N[NH3+]. The second-order valence-electron chi connectivity index (χ2n) is 3.68. The lowest BCUT2D eigenvalue weighted by molar-refractivity contribution is -0.420. The molecule has 5 N–H and O–H groups in total. The molecule has 1 aromatic heterocycles. The number of carbonyl (C=O) groups excluding carboxylic acids is 1. The van der Waals surface area contributed by atoms with E-state index < -0.39 is 6.04 Å². The van der Waals surface area contributed by atoms with E-state index >= 15 is 0 Å². The Morgan fingerprint density at radius 2 is 2.59 bits per heavy atom. The van der Waals surface area contributed by atoms with Crippen molar-refractivity contribution in [3.05, 3.63) is 17.7 Å². The number of aromatic nitrogens is 2. The molecule has 1 unspecified atom stereocenters. The average molecular weight is 256 g/mol. The number of hydrogen-bond donors (Lipinski definition) is 3. The topological polar surface area (TPSA) is 97.9 Å². The molecular weight excluding hydrogens is 242 g/mol. The summed E-state index contributed by atoms with van der Waals surface area (Å²) in [5.41, 5.74) is 4.47. The molecule has 17 heavy (non-hydrogen) atoms. The Bertz CT molecular complexity index is 408. The summed E-state index contributed by atoms with van der Waals surface area (Å²) in [5.74, 6) is 3.19. The third-order valence-corrected chi connectivity index (χ3v) is 3.16. The minimum absolute atomic E-state index is 0.323. The average Bonchev–Trinajstić information content (AvgIpc) is 2.82. The molecule has 0 saturated carbocycles. The molecule has 7 nitrogen and oxygen atoms in total. The maximum Gasteiger partial charge on any atom is 0.328 e. The molecule has 1 aliphatic heterocycles. The minimum atomic E-state index is -0.447. The van der Waals surface area contributed by atoms with Crippen LogP contribution in [-0.4, -0.2) is 39.1 Å². The molecule has 0 spiro atoms. The van der Waals surface area contributed by atoms with E-state index in [-0.39, 0.29) is 5.97 Å². The van der Waals surface area contributed by atoms with Crippen molar-refractivity contribution in [1.29, 1.82) is 0 Å². The van der Waals surface area contributed by atoms with Crippen LogP contribution >= 0.6 is 12.2 Å². The first-order valence-electron chi connectivity index (χ1n) is 5.10. The lowest BCUT2D eigenvalue weighted by Crippen LogP contribution is -2.71. The van der Waals surface area contributed by atoms with E-state index in [1.54, 1.807) is 11.2 Å². The Morgan fingerprint density at radius 1 is 1.82 bits per heavy atom. The maximum atomic E-state index is 11.7. The fourth-order valence-electron chi connectivity index (χ4n) is 1.90. The summed E-state index contributed by atoms with van der Waals surface area (Å²) in [6.45, 7) is 0.496. The van der Waals surface area contributed by atoms with Gasteiger partial charge in [0.25, 0.3) is 0 Å². The molecule has 0 aliphatic carbocycles. The summed E-state index contributed by atoms with van der Waals surface area (Å²) in [5, 5.41) is 0.417. The first-order valence-corrected chi connectivity index (χ1v) is 5.50.